The highest BCUT2D eigenvalue weighted by molar-refractivity contribution is 7.98. The molecule has 0 aliphatic rings. The van der Waals surface area contributed by atoms with Gasteiger partial charge in [0.1, 0.15) is 5.75 Å². The smallest absolute Gasteiger partial charge is 0.242 e. The molecule has 0 saturated heterocycles. The molecule has 5 nitrogen and oxygen atoms in total. The molecule has 1 aromatic rings. The second-order valence-corrected chi connectivity index (χ2v) is 6.75. The number of anilines is 1. The average Bonchev–Trinajstić information content (AvgIpc) is 2.36. The zero-order valence-corrected chi connectivity index (χ0v) is 12.3. The number of rotatable bonds is 6. The Morgan fingerprint density at radius 2 is 2.11 bits per heavy atom. The Hall–Kier alpha value is -0.920. The van der Waals surface area contributed by atoms with E-state index >= 15 is 0 Å². The second-order valence-electron chi connectivity index (χ2n) is 3.72. The molecule has 18 heavy (non-hydrogen) atoms. The number of thioether (sulfide) groups is 1. The van der Waals surface area contributed by atoms with Gasteiger partial charge in [0, 0.05) is 25.4 Å². The highest BCUT2D eigenvalue weighted by Gasteiger charge is 2.21. The first-order chi connectivity index (χ1) is 8.43. The van der Waals surface area contributed by atoms with Crippen LogP contribution in [0.25, 0.3) is 0 Å². The average molecular weight is 290 g/mol. The van der Waals surface area contributed by atoms with E-state index in [1.165, 1.54) is 29.6 Å². The number of nitrogens with zero attached hydrogens (tertiary/aromatic N) is 1. The van der Waals surface area contributed by atoms with Crippen LogP contribution in [0.15, 0.2) is 23.1 Å². The minimum absolute atomic E-state index is 0.192. The predicted octanol–water partition coefficient (Wildman–Crippen LogP) is 1.26. The number of sulfonamides is 1. The van der Waals surface area contributed by atoms with Crippen LogP contribution in [0.5, 0.6) is 5.75 Å². The number of ether oxygens (including phenoxy) is 1. The molecule has 0 heterocycles. The van der Waals surface area contributed by atoms with Crippen molar-refractivity contribution in [3.63, 3.8) is 0 Å². The largest absolute Gasteiger partial charge is 0.495 e. The molecule has 7 heteroatoms. The van der Waals surface area contributed by atoms with Gasteiger partial charge in [0.15, 0.2) is 0 Å². The van der Waals surface area contributed by atoms with Crippen LogP contribution in [-0.4, -0.2) is 45.4 Å². The minimum Gasteiger partial charge on any atom is -0.495 e. The Balaban J connectivity index is 3.05. The van der Waals surface area contributed by atoms with E-state index in [4.69, 9.17) is 10.5 Å². The van der Waals surface area contributed by atoms with Crippen molar-refractivity contribution in [2.24, 2.45) is 0 Å². The number of nitrogen functional groups attached to an aromatic ring is 1. The van der Waals surface area contributed by atoms with E-state index in [-0.39, 0.29) is 4.90 Å². The van der Waals surface area contributed by atoms with Gasteiger partial charge in [-0.2, -0.15) is 11.8 Å². The van der Waals surface area contributed by atoms with E-state index in [0.29, 0.717) is 18.0 Å². The van der Waals surface area contributed by atoms with E-state index < -0.39 is 10.0 Å². The molecular formula is C11H18N2O3S2. The van der Waals surface area contributed by atoms with Gasteiger partial charge >= 0.3 is 0 Å². The van der Waals surface area contributed by atoms with Crippen molar-refractivity contribution in [3.8, 4) is 5.75 Å². The van der Waals surface area contributed by atoms with Crippen molar-refractivity contribution in [3.05, 3.63) is 18.2 Å². The zero-order valence-electron chi connectivity index (χ0n) is 10.7. The molecule has 0 unspecified atom stereocenters. The van der Waals surface area contributed by atoms with Gasteiger partial charge in [0.2, 0.25) is 10.0 Å². The summed E-state index contributed by atoms with van der Waals surface area (Å²) in [6.07, 6.45) is 1.94. The lowest BCUT2D eigenvalue weighted by Gasteiger charge is -2.17. The van der Waals surface area contributed by atoms with Crippen molar-refractivity contribution in [1.29, 1.82) is 0 Å². The summed E-state index contributed by atoms with van der Waals surface area (Å²) in [6.45, 7) is 0.468. The maximum Gasteiger partial charge on any atom is 0.242 e. The molecule has 0 fully saturated rings. The van der Waals surface area contributed by atoms with E-state index in [2.05, 4.69) is 0 Å². The monoisotopic (exact) mass is 290 g/mol. The first-order valence-corrected chi connectivity index (χ1v) is 8.15. The number of hydrogen-bond donors (Lipinski definition) is 1. The van der Waals surface area contributed by atoms with Crippen molar-refractivity contribution in [2.75, 3.05) is 38.4 Å². The van der Waals surface area contributed by atoms with Crippen molar-refractivity contribution >= 4 is 27.5 Å². The first kappa shape index (κ1) is 15.1. The van der Waals surface area contributed by atoms with Crippen LogP contribution in [0.3, 0.4) is 0 Å². The number of benzene rings is 1. The molecule has 0 aliphatic heterocycles. The molecule has 0 amide bonds. The van der Waals surface area contributed by atoms with Gasteiger partial charge in [-0.25, -0.2) is 12.7 Å². The third-order valence-corrected chi connectivity index (χ3v) is 4.97. The summed E-state index contributed by atoms with van der Waals surface area (Å²) < 4.78 is 30.8. The molecule has 0 aliphatic carbocycles. The summed E-state index contributed by atoms with van der Waals surface area (Å²) in [4.78, 5) is 0.192. The van der Waals surface area contributed by atoms with Crippen LogP contribution in [-0.2, 0) is 10.0 Å². The van der Waals surface area contributed by atoms with Gasteiger partial charge in [-0.15, -0.1) is 0 Å². The minimum atomic E-state index is -3.48. The lowest BCUT2D eigenvalue weighted by molar-refractivity contribution is 0.415. The molecule has 1 aromatic carbocycles. The second kappa shape index (κ2) is 6.31. The van der Waals surface area contributed by atoms with Gasteiger partial charge in [-0.1, -0.05) is 0 Å². The molecule has 0 atom stereocenters. The van der Waals surface area contributed by atoms with Gasteiger partial charge in [0.05, 0.1) is 17.7 Å². The Labute approximate surface area is 112 Å². The summed E-state index contributed by atoms with van der Waals surface area (Å²) in [5.74, 6) is 1.12. The molecule has 1 rings (SSSR count). The third-order valence-electron chi connectivity index (χ3n) is 2.52. The van der Waals surface area contributed by atoms with Gasteiger partial charge < -0.3 is 10.5 Å². The number of methoxy groups -OCH3 is 1. The van der Waals surface area contributed by atoms with Crippen LogP contribution in [0.1, 0.15) is 0 Å². The van der Waals surface area contributed by atoms with Crippen molar-refractivity contribution in [1.82, 2.24) is 4.31 Å². The first-order valence-electron chi connectivity index (χ1n) is 5.32. The van der Waals surface area contributed by atoms with E-state index in [1.807, 2.05) is 6.26 Å². The summed E-state index contributed by atoms with van der Waals surface area (Å²) >= 11 is 1.60. The maximum atomic E-state index is 12.2. The van der Waals surface area contributed by atoms with Gasteiger partial charge in [0.25, 0.3) is 0 Å². The van der Waals surface area contributed by atoms with E-state index in [0.717, 1.165) is 5.75 Å². The fraction of sp³-hybridized carbons (Fsp3) is 0.455. The SMILES string of the molecule is COc1cc(S(=O)(=O)N(C)CCSC)ccc1N. The topological polar surface area (TPSA) is 72.6 Å². The zero-order chi connectivity index (χ0) is 13.8. The molecule has 0 bridgehead atoms. The van der Waals surface area contributed by atoms with Gasteiger partial charge in [-0.05, 0) is 18.4 Å². The standard InChI is InChI=1S/C11H18N2O3S2/c1-13(6-7-17-3)18(14,15)9-4-5-10(12)11(8-9)16-2/h4-5,8H,6-7,12H2,1-3H3. The molecule has 0 saturated carbocycles. The number of nitrogens with two attached hydrogens (primary N) is 1. The van der Waals surface area contributed by atoms with Crippen LogP contribution in [0.2, 0.25) is 0 Å². The molecule has 0 radical (unpaired) electrons. The summed E-state index contributed by atoms with van der Waals surface area (Å²) in [6, 6.07) is 4.47. The van der Waals surface area contributed by atoms with Crippen molar-refractivity contribution < 1.29 is 13.2 Å². The quantitative estimate of drug-likeness (QED) is 0.799. The Kier molecular flexibility index (Phi) is 5.30. The molecule has 0 aromatic heterocycles. The van der Waals surface area contributed by atoms with Crippen LogP contribution in [0, 0.1) is 0 Å². The van der Waals surface area contributed by atoms with Crippen molar-refractivity contribution in [2.45, 2.75) is 4.90 Å². The Morgan fingerprint density at radius 1 is 1.44 bits per heavy atom. The lowest BCUT2D eigenvalue weighted by Crippen LogP contribution is -2.29. The Bertz CT molecular complexity index is 503. The van der Waals surface area contributed by atoms with Crippen LogP contribution < -0.4 is 10.5 Å². The summed E-state index contributed by atoms with van der Waals surface area (Å²) in [7, 11) is -0.454. The highest BCUT2D eigenvalue weighted by Crippen LogP contribution is 2.26. The van der Waals surface area contributed by atoms with Gasteiger partial charge in [-0.3, -0.25) is 0 Å². The molecular weight excluding hydrogens is 272 g/mol. The normalized spacial score (nSPS) is 11.8. The third kappa shape index (κ3) is 3.30. The summed E-state index contributed by atoms with van der Waals surface area (Å²) in [5.41, 5.74) is 6.08. The van der Waals surface area contributed by atoms with E-state index in [9.17, 15) is 8.42 Å². The molecule has 102 valence electrons. The summed E-state index contributed by atoms with van der Waals surface area (Å²) in [5, 5.41) is 0. The fourth-order valence-electron chi connectivity index (χ4n) is 1.37. The molecule has 0 spiro atoms. The highest BCUT2D eigenvalue weighted by atomic mass is 32.2. The fourth-order valence-corrected chi connectivity index (χ4v) is 3.13. The van der Waals surface area contributed by atoms with Crippen LogP contribution >= 0.6 is 11.8 Å². The molecule has 2 N–H and O–H groups in total. The number of hydrogen-bond acceptors (Lipinski definition) is 5. The predicted molar refractivity (Wildman–Crippen MR) is 75.6 cm³/mol. The lowest BCUT2D eigenvalue weighted by atomic mass is 10.3. The maximum absolute atomic E-state index is 12.2. The Morgan fingerprint density at radius 3 is 2.67 bits per heavy atom. The van der Waals surface area contributed by atoms with E-state index in [1.54, 1.807) is 18.8 Å². The van der Waals surface area contributed by atoms with Crippen LogP contribution in [0.4, 0.5) is 5.69 Å².